The molecule has 0 aromatic heterocycles. The van der Waals surface area contributed by atoms with Crippen LogP contribution in [0.25, 0.3) is 0 Å². The van der Waals surface area contributed by atoms with Crippen molar-refractivity contribution in [1.82, 2.24) is 0 Å². The summed E-state index contributed by atoms with van der Waals surface area (Å²) in [6, 6.07) is 19.1. The van der Waals surface area contributed by atoms with Crippen LogP contribution >= 0.6 is 0 Å². The second kappa shape index (κ2) is 9.34. The number of carbonyl (C=O) groups excluding carboxylic acids is 3. The molecule has 0 heterocycles. The van der Waals surface area contributed by atoms with Crippen LogP contribution in [0, 0.1) is 6.92 Å². The van der Waals surface area contributed by atoms with Gasteiger partial charge in [-0.3, -0.25) is 0 Å². The van der Waals surface area contributed by atoms with E-state index < -0.39 is 17.9 Å². The Hall–Kier alpha value is -4.19. The van der Waals surface area contributed by atoms with E-state index in [4.69, 9.17) is 14.2 Å². The van der Waals surface area contributed by atoms with E-state index in [1.807, 2.05) is 19.1 Å². The Morgan fingerprint density at radius 2 is 1.00 bits per heavy atom. The summed E-state index contributed by atoms with van der Waals surface area (Å²) < 4.78 is 15.5. The molecule has 0 amide bonds. The molecule has 0 spiro atoms. The summed E-state index contributed by atoms with van der Waals surface area (Å²) in [6.07, 6.45) is 1.04. The zero-order valence-corrected chi connectivity index (χ0v) is 16.2. The fourth-order valence-corrected chi connectivity index (χ4v) is 2.41. The second-order valence-electron chi connectivity index (χ2n) is 6.27. The summed E-state index contributed by atoms with van der Waals surface area (Å²) in [6.45, 7) is 5.25. The van der Waals surface area contributed by atoms with Crippen LogP contribution in [0.1, 0.15) is 26.3 Å². The highest BCUT2D eigenvalue weighted by molar-refractivity contribution is 5.93. The van der Waals surface area contributed by atoms with E-state index >= 15 is 0 Å². The van der Waals surface area contributed by atoms with Gasteiger partial charge in [0.15, 0.2) is 0 Å². The summed E-state index contributed by atoms with van der Waals surface area (Å²) in [7, 11) is 0. The third-order valence-electron chi connectivity index (χ3n) is 4.01. The molecule has 0 aliphatic heterocycles. The van der Waals surface area contributed by atoms with Gasteiger partial charge in [0, 0.05) is 6.08 Å². The van der Waals surface area contributed by atoms with Crippen molar-refractivity contribution in [3.8, 4) is 17.2 Å². The maximum atomic E-state index is 12.3. The molecule has 0 bridgehead atoms. The van der Waals surface area contributed by atoms with Crippen LogP contribution in [0.5, 0.6) is 17.2 Å². The van der Waals surface area contributed by atoms with Crippen molar-refractivity contribution < 1.29 is 28.6 Å². The number of esters is 3. The van der Waals surface area contributed by atoms with Gasteiger partial charge in [0.05, 0.1) is 11.1 Å². The Labute approximate surface area is 173 Å². The molecule has 0 saturated carbocycles. The van der Waals surface area contributed by atoms with Crippen LogP contribution in [0.2, 0.25) is 0 Å². The molecule has 0 aliphatic rings. The number of rotatable bonds is 6. The molecule has 3 rings (SSSR count). The summed E-state index contributed by atoms with van der Waals surface area (Å²) in [4.78, 5) is 35.6. The van der Waals surface area contributed by atoms with Crippen LogP contribution in [-0.4, -0.2) is 17.9 Å². The van der Waals surface area contributed by atoms with Crippen LogP contribution in [0.4, 0.5) is 0 Å². The minimum Gasteiger partial charge on any atom is -0.423 e. The highest BCUT2D eigenvalue weighted by Gasteiger charge is 2.12. The van der Waals surface area contributed by atoms with Crippen LogP contribution in [-0.2, 0) is 4.79 Å². The molecule has 0 unspecified atom stereocenters. The Balaban J connectivity index is 1.60. The molecule has 0 fully saturated rings. The van der Waals surface area contributed by atoms with Gasteiger partial charge in [0.1, 0.15) is 17.2 Å². The van der Waals surface area contributed by atoms with Crippen molar-refractivity contribution >= 4 is 17.9 Å². The highest BCUT2D eigenvalue weighted by atomic mass is 16.5. The molecule has 0 N–H and O–H groups in total. The van der Waals surface area contributed by atoms with E-state index in [1.165, 1.54) is 48.5 Å². The minimum absolute atomic E-state index is 0.272. The molecule has 150 valence electrons. The Kier molecular flexibility index (Phi) is 6.39. The molecular formula is C24H18O6. The van der Waals surface area contributed by atoms with Gasteiger partial charge < -0.3 is 14.2 Å². The fraction of sp³-hybridized carbons (Fsp3) is 0.0417. The first-order chi connectivity index (χ1) is 14.4. The third kappa shape index (κ3) is 5.42. The van der Waals surface area contributed by atoms with Gasteiger partial charge in [0.25, 0.3) is 0 Å². The molecule has 0 aliphatic carbocycles. The van der Waals surface area contributed by atoms with Gasteiger partial charge in [-0.15, -0.1) is 0 Å². The zero-order chi connectivity index (χ0) is 21.5. The SMILES string of the molecule is C=CC(=O)Oc1ccc(C(=O)Oc2ccc(C(=O)Oc3ccc(C)cc3)cc2)cc1. The second-order valence-corrected chi connectivity index (χ2v) is 6.27. The molecular weight excluding hydrogens is 384 g/mol. The lowest BCUT2D eigenvalue weighted by molar-refractivity contribution is -0.128. The summed E-state index contributed by atoms with van der Waals surface area (Å²) in [5, 5.41) is 0. The van der Waals surface area contributed by atoms with Gasteiger partial charge in [0.2, 0.25) is 0 Å². The summed E-state index contributed by atoms with van der Waals surface area (Å²) in [5.74, 6) is -0.690. The van der Waals surface area contributed by atoms with E-state index in [-0.39, 0.29) is 17.1 Å². The average molecular weight is 402 g/mol. The van der Waals surface area contributed by atoms with Gasteiger partial charge in [-0.05, 0) is 67.6 Å². The summed E-state index contributed by atoms with van der Waals surface area (Å²) in [5.41, 5.74) is 1.66. The van der Waals surface area contributed by atoms with Crippen molar-refractivity contribution in [2.75, 3.05) is 0 Å². The predicted octanol–water partition coefficient (Wildman–Crippen LogP) is 4.52. The molecule has 0 saturated heterocycles. The van der Waals surface area contributed by atoms with E-state index in [9.17, 15) is 14.4 Å². The van der Waals surface area contributed by atoms with Gasteiger partial charge in [-0.25, -0.2) is 14.4 Å². The fourth-order valence-electron chi connectivity index (χ4n) is 2.41. The van der Waals surface area contributed by atoms with E-state index in [1.54, 1.807) is 12.1 Å². The number of hydrogen-bond acceptors (Lipinski definition) is 6. The zero-order valence-electron chi connectivity index (χ0n) is 16.2. The number of aryl methyl sites for hydroxylation is 1. The van der Waals surface area contributed by atoms with Crippen molar-refractivity contribution in [2.45, 2.75) is 6.92 Å². The molecule has 30 heavy (non-hydrogen) atoms. The average Bonchev–Trinajstić information content (AvgIpc) is 2.76. The maximum absolute atomic E-state index is 12.3. The van der Waals surface area contributed by atoms with Gasteiger partial charge in [-0.2, -0.15) is 0 Å². The molecule has 3 aromatic carbocycles. The number of carbonyl (C=O) groups is 3. The van der Waals surface area contributed by atoms with Crippen molar-refractivity contribution in [3.05, 3.63) is 102 Å². The molecule has 6 nitrogen and oxygen atoms in total. The lowest BCUT2D eigenvalue weighted by atomic mass is 10.2. The van der Waals surface area contributed by atoms with Crippen LogP contribution in [0.15, 0.2) is 85.5 Å². The van der Waals surface area contributed by atoms with Crippen molar-refractivity contribution in [3.63, 3.8) is 0 Å². The van der Waals surface area contributed by atoms with Gasteiger partial charge in [-0.1, -0.05) is 24.3 Å². The topological polar surface area (TPSA) is 78.9 Å². The molecule has 0 radical (unpaired) electrons. The lowest BCUT2D eigenvalue weighted by Crippen LogP contribution is -2.10. The lowest BCUT2D eigenvalue weighted by Gasteiger charge is -2.07. The van der Waals surface area contributed by atoms with E-state index in [0.717, 1.165) is 11.6 Å². The Morgan fingerprint density at radius 3 is 1.40 bits per heavy atom. The monoisotopic (exact) mass is 402 g/mol. The standard InChI is InChI=1S/C24H18O6/c1-3-22(25)28-19-12-6-17(7-13-19)24(27)30-21-14-8-18(9-15-21)23(26)29-20-10-4-16(2)5-11-20/h3-15H,1H2,2H3. The quantitative estimate of drug-likeness (QED) is 0.343. The van der Waals surface area contributed by atoms with E-state index in [0.29, 0.717) is 11.3 Å². The molecule has 3 aromatic rings. The Morgan fingerprint density at radius 1 is 0.633 bits per heavy atom. The normalized spacial score (nSPS) is 10.0. The maximum Gasteiger partial charge on any atom is 0.343 e. The molecule has 0 atom stereocenters. The first kappa shape index (κ1) is 20.5. The van der Waals surface area contributed by atoms with E-state index in [2.05, 4.69) is 6.58 Å². The largest absolute Gasteiger partial charge is 0.423 e. The highest BCUT2D eigenvalue weighted by Crippen LogP contribution is 2.19. The third-order valence-corrected chi connectivity index (χ3v) is 4.01. The Bertz CT molecular complexity index is 1060. The smallest absolute Gasteiger partial charge is 0.343 e. The first-order valence-corrected chi connectivity index (χ1v) is 9.00. The first-order valence-electron chi connectivity index (χ1n) is 9.00. The van der Waals surface area contributed by atoms with Crippen LogP contribution in [0.3, 0.4) is 0 Å². The molecule has 6 heteroatoms. The number of benzene rings is 3. The van der Waals surface area contributed by atoms with Crippen molar-refractivity contribution in [1.29, 1.82) is 0 Å². The van der Waals surface area contributed by atoms with Crippen molar-refractivity contribution in [2.24, 2.45) is 0 Å². The van der Waals surface area contributed by atoms with Gasteiger partial charge >= 0.3 is 17.9 Å². The minimum atomic E-state index is -0.591. The van der Waals surface area contributed by atoms with Crippen LogP contribution < -0.4 is 14.2 Å². The number of ether oxygens (including phenoxy) is 3. The number of hydrogen-bond donors (Lipinski definition) is 0. The predicted molar refractivity (Wildman–Crippen MR) is 110 cm³/mol. The summed E-state index contributed by atoms with van der Waals surface area (Å²) >= 11 is 0.